The summed E-state index contributed by atoms with van der Waals surface area (Å²) < 4.78 is 6.05. The molecule has 0 amide bonds. The molecule has 3 aliphatic heterocycles. The van der Waals surface area contributed by atoms with Gasteiger partial charge in [-0.15, -0.1) is 0 Å². The fourth-order valence-corrected chi connectivity index (χ4v) is 3.20. The van der Waals surface area contributed by atoms with Crippen molar-refractivity contribution in [2.75, 3.05) is 11.9 Å². The highest BCUT2D eigenvalue weighted by atomic mass is 35.5. The maximum atomic E-state index is 6.07. The normalized spacial score (nSPS) is 38.1. The first-order valence-corrected chi connectivity index (χ1v) is 5.79. The van der Waals surface area contributed by atoms with Gasteiger partial charge in [0.05, 0.1) is 11.8 Å². The smallest absolute Gasteiger partial charge is 0.155 e. The van der Waals surface area contributed by atoms with E-state index >= 15 is 0 Å². The lowest BCUT2D eigenvalue weighted by Crippen LogP contribution is -2.40. The number of fused-ring (bicyclic) bond motifs is 2. The summed E-state index contributed by atoms with van der Waals surface area (Å²) in [6.07, 6.45) is 7.07. The zero-order valence-electron chi connectivity index (χ0n) is 8.48. The third-order valence-corrected chi connectivity index (χ3v) is 4.01. The molecule has 0 unspecified atom stereocenters. The fraction of sp³-hybridized carbons (Fsp3) is 0.455. The summed E-state index contributed by atoms with van der Waals surface area (Å²) >= 11 is 6.07. The molecule has 3 atom stereocenters. The van der Waals surface area contributed by atoms with Gasteiger partial charge in [0.25, 0.3) is 0 Å². The van der Waals surface area contributed by atoms with Gasteiger partial charge in [0.15, 0.2) is 5.15 Å². The molecule has 2 bridgehead atoms. The largest absolute Gasteiger partial charge is 0.381 e. The molecule has 1 saturated heterocycles. The van der Waals surface area contributed by atoms with Crippen LogP contribution in [0.1, 0.15) is 12.1 Å². The molecule has 1 fully saturated rings. The molecule has 4 nitrogen and oxygen atoms in total. The van der Waals surface area contributed by atoms with Crippen molar-refractivity contribution in [1.29, 1.82) is 0 Å². The SMILES string of the molecule is Clc1ncnc2c1NC[C@H]1C[C@H]3C=C[C@@]21O3. The Kier molecular flexibility index (Phi) is 1.54. The van der Waals surface area contributed by atoms with Crippen molar-refractivity contribution in [2.45, 2.75) is 18.1 Å². The zero-order chi connectivity index (χ0) is 10.8. The zero-order valence-corrected chi connectivity index (χ0v) is 9.24. The molecule has 5 heteroatoms. The molecule has 1 aromatic rings. The highest BCUT2D eigenvalue weighted by Crippen LogP contribution is 2.53. The quantitative estimate of drug-likeness (QED) is 0.550. The summed E-state index contributed by atoms with van der Waals surface area (Å²) in [7, 11) is 0. The standard InChI is InChI=1S/C11H10ClN3O/c12-10-8-9(14-5-15-10)11-2-1-7(16-11)3-6(11)4-13-8/h1-2,5-7,13H,3-4H2/t6-,7-,11+/m1/s1. The van der Waals surface area contributed by atoms with Crippen molar-refractivity contribution in [2.24, 2.45) is 5.92 Å². The van der Waals surface area contributed by atoms with Gasteiger partial charge in [-0.1, -0.05) is 17.7 Å². The van der Waals surface area contributed by atoms with E-state index in [2.05, 4.69) is 27.4 Å². The number of hydrogen-bond donors (Lipinski definition) is 1. The Labute approximate surface area is 97.7 Å². The molecular formula is C11H10ClN3O. The van der Waals surface area contributed by atoms with E-state index in [1.807, 2.05) is 0 Å². The number of hydrogen-bond acceptors (Lipinski definition) is 4. The molecule has 4 heterocycles. The van der Waals surface area contributed by atoms with Crippen LogP contribution in [-0.4, -0.2) is 22.6 Å². The minimum Gasteiger partial charge on any atom is -0.381 e. The second-order valence-electron chi connectivity index (χ2n) is 4.51. The lowest BCUT2D eigenvalue weighted by atomic mass is 9.78. The van der Waals surface area contributed by atoms with Crippen LogP contribution in [-0.2, 0) is 10.3 Å². The predicted octanol–water partition coefficient (Wildman–Crippen LogP) is 1.73. The summed E-state index contributed by atoms with van der Waals surface area (Å²) in [5.41, 5.74) is 1.37. The third-order valence-electron chi connectivity index (χ3n) is 3.72. The molecule has 0 aromatic carbocycles. The van der Waals surface area contributed by atoms with Gasteiger partial charge in [0.1, 0.15) is 17.6 Å². The van der Waals surface area contributed by atoms with E-state index < -0.39 is 0 Å². The molecule has 0 aliphatic carbocycles. The Hall–Kier alpha value is -1.13. The van der Waals surface area contributed by atoms with Gasteiger partial charge < -0.3 is 10.1 Å². The number of aromatic nitrogens is 2. The summed E-state index contributed by atoms with van der Waals surface area (Å²) in [5.74, 6) is 0.459. The lowest BCUT2D eigenvalue weighted by Gasteiger charge is -2.36. The van der Waals surface area contributed by atoms with Crippen LogP contribution in [0, 0.1) is 5.92 Å². The Morgan fingerprint density at radius 1 is 1.50 bits per heavy atom. The van der Waals surface area contributed by atoms with Gasteiger partial charge in [-0.05, 0) is 12.5 Å². The van der Waals surface area contributed by atoms with E-state index in [1.54, 1.807) is 0 Å². The van der Waals surface area contributed by atoms with Crippen molar-refractivity contribution in [3.63, 3.8) is 0 Å². The molecular weight excluding hydrogens is 226 g/mol. The van der Waals surface area contributed by atoms with Crippen LogP contribution in [0.4, 0.5) is 5.69 Å². The van der Waals surface area contributed by atoms with Crippen LogP contribution in [0.15, 0.2) is 18.5 Å². The van der Waals surface area contributed by atoms with E-state index in [0.717, 1.165) is 24.3 Å². The van der Waals surface area contributed by atoms with Crippen LogP contribution in [0.5, 0.6) is 0 Å². The highest BCUT2D eigenvalue weighted by Gasteiger charge is 2.55. The van der Waals surface area contributed by atoms with Crippen molar-refractivity contribution < 1.29 is 4.74 Å². The number of halogens is 1. The predicted molar refractivity (Wildman–Crippen MR) is 59.3 cm³/mol. The molecule has 0 saturated carbocycles. The number of nitrogens with one attached hydrogen (secondary N) is 1. The number of rotatable bonds is 0. The third kappa shape index (κ3) is 0.901. The van der Waals surface area contributed by atoms with Gasteiger partial charge >= 0.3 is 0 Å². The van der Waals surface area contributed by atoms with Crippen molar-refractivity contribution in [1.82, 2.24) is 9.97 Å². The van der Waals surface area contributed by atoms with Gasteiger partial charge in [-0.25, -0.2) is 9.97 Å². The van der Waals surface area contributed by atoms with Crippen LogP contribution in [0.25, 0.3) is 0 Å². The maximum absolute atomic E-state index is 6.07. The molecule has 0 radical (unpaired) electrons. The molecule has 1 N–H and O–H groups in total. The first-order chi connectivity index (χ1) is 7.79. The summed E-state index contributed by atoms with van der Waals surface area (Å²) in [5, 5.41) is 3.79. The van der Waals surface area contributed by atoms with E-state index in [0.29, 0.717) is 11.1 Å². The van der Waals surface area contributed by atoms with E-state index in [1.165, 1.54) is 6.33 Å². The highest BCUT2D eigenvalue weighted by molar-refractivity contribution is 6.32. The van der Waals surface area contributed by atoms with Gasteiger partial charge in [-0.2, -0.15) is 0 Å². The maximum Gasteiger partial charge on any atom is 0.155 e. The molecule has 4 rings (SSSR count). The first kappa shape index (κ1) is 8.96. The van der Waals surface area contributed by atoms with Crippen LogP contribution >= 0.6 is 11.6 Å². The molecule has 82 valence electrons. The average molecular weight is 236 g/mol. The Morgan fingerprint density at radius 3 is 3.31 bits per heavy atom. The van der Waals surface area contributed by atoms with E-state index in [-0.39, 0.29) is 11.7 Å². The lowest BCUT2D eigenvalue weighted by molar-refractivity contribution is 0.00577. The Morgan fingerprint density at radius 2 is 2.44 bits per heavy atom. The average Bonchev–Trinajstić information content (AvgIpc) is 2.86. The molecule has 16 heavy (non-hydrogen) atoms. The first-order valence-electron chi connectivity index (χ1n) is 5.41. The summed E-state index contributed by atoms with van der Waals surface area (Å²) in [4.78, 5) is 8.36. The van der Waals surface area contributed by atoms with Gasteiger partial charge in [0.2, 0.25) is 0 Å². The van der Waals surface area contributed by atoms with Crippen molar-refractivity contribution >= 4 is 17.3 Å². The fourth-order valence-electron chi connectivity index (χ4n) is 3.00. The second-order valence-corrected chi connectivity index (χ2v) is 4.87. The summed E-state index contributed by atoms with van der Waals surface area (Å²) in [6, 6.07) is 0. The Bertz CT molecular complexity index is 504. The number of nitrogens with zero attached hydrogens (tertiary/aromatic N) is 2. The van der Waals surface area contributed by atoms with E-state index in [4.69, 9.17) is 16.3 Å². The minimum atomic E-state index is -0.349. The minimum absolute atomic E-state index is 0.242. The van der Waals surface area contributed by atoms with E-state index in [9.17, 15) is 0 Å². The number of anilines is 1. The number of ether oxygens (including phenoxy) is 1. The topological polar surface area (TPSA) is 47.0 Å². The molecule has 1 spiro atoms. The Balaban J connectivity index is 1.98. The second kappa shape index (κ2) is 2.76. The molecule has 3 aliphatic rings. The van der Waals surface area contributed by atoms with Crippen LogP contribution in [0.3, 0.4) is 0 Å². The van der Waals surface area contributed by atoms with Gasteiger partial charge in [-0.3, -0.25) is 0 Å². The van der Waals surface area contributed by atoms with Gasteiger partial charge in [0, 0.05) is 12.5 Å². The van der Waals surface area contributed by atoms with Crippen LogP contribution in [0.2, 0.25) is 5.15 Å². The molecule has 1 aromatic heterocycles. The monoisotopic (exact) mass is 235 g/mol. The van der Waals surface area contributed by atoms with Crippen molar-refractivity contribution in [3.8, 4) is 0 Å². The van der Waals surface area contributed by atoms with Crippen LogP contribution < -0.4 is 5.32 Å². The van der Waals surface area contributed by atoms with Crippen molar-refractivity contribution in [3.05, 3.63) is 29.3 Å². The summed E-state index contributed by atoms with van der Waals surface area (Å²) in [6.45, 7) is 0.876.